The second kappa shape index (κ2) is 6.73. The van der Waals surface area contributed by atoms with Crippen LogP contribution in [0.1, 0.15) is 54.9 Å². The summed E-state index contributed by atoms with van der Waals surface area (Å²) in [5.74, 6) is -0.257. The molecule has 1 unspecified atom stereocenters. The summed E-state index contributed by atoms with van der Waals surface area (Å²) in [5.41, 5.74) is -0.478. The lowest BCUT2D eigenvalue weighted by atomic mass is 10.2. The predicted octanol–water partition coefficient (Wildman–Crippen LogP) is 4.02. The number of carbonyl (C=O) groups excluding carboxylic acids is 1. The number of hydrogen-bond acceptors (Lipinski definition) is 4. The molecule has 116 valence electrons. The van der Waals surface area contributed by atoms with Gasteiger partial charge in [-0.15, -0.1) is 0 Å². The van der Waals surface area contributed by atoms with Crippen molar-refractivity contribution in [3.8, 4) is 6.07 Å². The van der Waals surface area contributed by atoms with Gasteiger partial charge >= 0.3 is 5.97 Å². The van der Waals surface area contributed by atoms with Crippen LogP contribution in [-0.4, -0.2) is 26.0 Å². The van der Waals surface area contributed by atoms with Gasteiger partial charge in [-0.2, -0.15) is 5.26 Å². The molecule has 0 aromatic rings. The molecule has 0 spiro atoms. The van der Waals surface area contributed by atoms with Gasteiger partial charge in [-0.3, -0.25) is 4.79 Å². The molecule has 0 saturated heterocycles. The van der Waals surface area contributed by atoms with E-state index in [2.05, 4.69) is 33.4 Å². The van der Waals surface area contributed by atoms with E-state index in [1.807, 2.05) is 27.7 Å². The maximum atomic E-state index is 11.8. The van der Waals surface area contributed by atoms with Crippen LogP contribution < -0.4 is 0 Å². The van der Waals surface area contributed by atoms with E-state index >= 15 is 0 Å². The molecule has 0 fully saturated rings. The fraction of sp³-hybridized carbons (Fsp3) is 0.867. The first kappa shape index (κ1) is 19.1. The first-order chi connectivity index (χ1) is 8.81. The lowest BCUT2D eigenvalue weighted by molar-refractivity contribution is -0.156. The fourth-order valence-corrected chi connectivity index (χ4v) is 3.98. The molecule has 5 heteroatoms. The second-order valence-electron chi connectivity index (χ2n) is 7.53. The smallest absolute Gasteiger partial charge is 0.308 e. The van der Waals surface area contributed by atoms with Crippen LogP contribution in [0.3, 0.4) is 0 Å². The molecule has 2 atom stereocenters. The van der Waals surface area contributed by atoms with E-state index in [1.54, 1.807) is 0 Å². The molecule has 0 saturated carbocycles. The Bertz CT molecular complexity index is 376. The number of nitrogens with zero attached hydrogens (tertiary/aromatic N) is 1. The summed E-state index contributed by atoms with van der Waals surface area (Å²) < 4.78 is 11.4. The maximum Gasteiger partial charge on any atom is 0.308 e. The van der Waals surface area contributed by atoms with Crippen LogP contribution in [0.5, 0.6) is 0 Å². The van der Waals surface area contributed by atoms with Gasteiger partial charge in [-0.1, -0.05) is 20.8 Å². The van der Waals surface area contributed by atoms with Gasteiger partial charge in [0.2, 0.25) is 8.32 Å². The molecule has 20 heavy (non-hydrogen) atoms. The van der Waals surface area contributed by atoms with Crippen molar-refractivity contribution in [3.63, 3.8) is 0 Å². The minimum atomic E-state index is -2.21. The normalized spacial score (nSPS) is 16.9. The zero-order valence-corrected chi connectivity index (χ0v) is 15.2. The topological polar surface area (TPSA) is 59.3 Å². The van der Waals surface area contributed by atoms with E-state index in [4.69, 9.17) is 14.4 Å². The van der Waals surface area contributed by atoms with Crippen LogP contribution in [0, 0.1) is 11.3 Å². The standard InChI is InChI=1S/C15H29NO3Si/c1-12(11-13(17)18-14(2,3)4)19-20(8,10-9-16)15(5,6)7/h12H,10-11H2,1-8H3/t12-,20?/m1/s1. The third-order valence-electron chi connectivity index (χ3n) is 3.34. The lowest BCUT2D eigenvalue weighted by Gasteiger charge is -2.39. The van der Waals surface area contributed by atoms with E-state index in [0.717, 1.165) is 0 Å². The summed E-state index contributed by atoms with van der Waals surface area (Å²) in [4.78, 5) is 11.8. The molecule has 0 N–H and O–H groups in total. The monoisotopic (exact) mass is 299 g/mol. The molecule has 0 rings (SSSR count). The molecule has 0 radical (unpaired) electrons. The number of nitriles is 1. The van der Waals surface area contributed by atoms with Crippen LogP contribution in [0.15, 0.2) is 0 Å². The quantitative estimate of drug-likeness (QED) is 0.568. The second-order valence-corrected chi connectivity index (χ2v) is 12.1. The highest BCUT2D eigenvalue weighted by molar-refractivity contribution is 6.76. The lowest BCUT2D eigenvalue weighted by Crippen LogP contribution is -2.46. The van der Waals surface area contributed by atoms with E-state index in [1.165, 1.54) is 0 Å². The van der Waals surface area contributed by atoms with Crippen LogP contribution in [-0.2, 0) is 14.0 Å². The number of rotatable bonds is 5. The molecule has 0 bridgehead atoms. The molecule has 0 aliphatic carbocycles. The molecule has 0 heterocycles. The van der Waals surface area contributed by atoms with Gasteiger partial charge in [0.15, 0.2) is 0 Å². The molecule has 0 aromatic carbocycles. The zero-order chi connectivity index (χ0) is 16.2. The highest BCUT2D eigenvalue weighted by atomic mass is 28.4. The van der Waals surface area contributed by atoms with E-state index in [9.17, 15) is 4.79 Å². The summed E-state index contributed by atoms with van der Waals surface area (Å²) in [5, 5.41) is 8.98. The van der Waals surface area contributed by atoms with Crippen molar-refractivity contribution in [2.75, 3.05) is 0 Å². The Morgan fingerprint density at radius 1 is 1.25 bits per heavy atom. The minimum absolute atomic E-state index is 0.0507. The van der Waals surface area contributed by atoms with Crippen molar-refractivity contribution in [3.05, 3.63) is 0 Å². The minimum Gasteiger partial charge on any atom is -0.460 e. The first-order valence-electron chi connectivity index (χ1n) is 7.07. The van der Waals surface area contributed by atoms with Gasteiger partial charge < -0.3 is 9.16 Å². The highest BCUT2D eigenvalue weighted by Gasteiger charge is 2.43. The van der Waals surface area contributed by atoms with E-state index in [-0.39, 0.29) is 23.5 Å². The summed E-state index contributed by atoms with van der Waals surface area (Å²) in [6, 6.07) is 2.66. The Morgan fingerprint density at radius 3 is 2.10 bits per heavy atom. The van der Waals surface area contributed by atoms with Gasteiger partial charge in [-0.05, 0) is 39.3 Å². The molecular formula is C15H29NO3Si. The summed E-state index contributed by atoms with van der Waals surface area (Å²) in [7, 11) is -2.21. The molecule has 4 nitrogen and oxygen atoms in total. The first-order valence-corrected chi connectivity index (χ1v) is 9.69. The third-order valence-corrected chi connectivity index (χ3v) is 8.27. The van der Waals surface area contributed by atoms with E-state index < -0.39 is 13.9 Å². The molecule has 0 aliphatic heterocycles. The van der Waals surface area contributed by atoms with Crippen molar-refractivity contribution < 1.29 is 14.0 Å². The SMILES string of the molecule is C[C@H](CC(=O)OC(C)(C)C)O[Si](C)(CC#N)C(C)(C)C. The highest BCUT2D eigenvalue weighted by Crippen LogP contribution is 2.40. The van der Waals surface area contributed by atoms with Crippen molar-refractivity contribution in [1.82, 2.24) is 0 Å². The molecule has 0 aromatic heterocycles. The van der Waals surface area contributed by atoms with Crippen molar-refractivity contribution in [2.24, 2.45) is 0 Å². The Hall–Kier alpha value is -0.863. The van der Waals surface area contributed by atoms with E-state index in [0.29, 0.717) is 6.04 Å². The summed E-state index contributed by atoms with van der Waals surface area (Å²) in [6.45, 7) is 15.8. The Labute approximate surface area is 124 Å². The number of carbonyl (C=O) groups is 1. The average molecular weight is 299 g/mol. The number of ether oxygens (including phenoxy) is 1. The number of hydrogen-bond donors (Lipinski definition) is 0. The van der Waals surface area contributed by atoms with Gasteiger partial charge in [0.1, 0.15) is 5.60 Å². The largest absolute Gasteiger partial charge is 0.460 e. The van der Waals surface area contributed by atoms with Gasteiger partial charge in [0.05, 0.1) is 24.6 Å². The van der Waals surface area contributed by atoms with Crippen molar-refractivity contribution in [2.45, 2.75) is 84.2 Å². The predicted molar refractivity (Wildman–Crippen MR) is 82.8 cm³/mol. The maximum absolute atomic E-state index is 11.8. The third kappa shape index (κ3) is 6.53. The van der Waals surface area contributed by atoms with Crippen LogP contribution >= 0.6 is 0 Å². The Morgan fingerprint density at radius 2 is 1.75 bits per heavy atom. The fourth-order valence-electron chi connectivity index (χ4n) is 1.74. The van der Waals surface area contributed by atoms with Crippen molar-refractivity contribution >= 4 is 14.3 Å². The van der Waals surface area contributed by atoms with Crippen molar-refractivity contribution in [1.29, 1.82) is 5.26 Å². The van der Waals surface area contributed by atoms with Crippen LogP contribution in [0.4, 0.5) is 0 Å². The summed E-state index contributed by atoms with van der Waals surface area (Å²) in [6.07, 6.45) is -0.00411. The Balaban J connectivity index is 4.69. The summed E-state index contributed by atoms with van der Waals surface area (Å²) >= 11 is 0. The van der Waals surface area contributed by atoms with Gasteiger partial charge in [0, 0.05) is 0 Å². The van der Waals surface area contributed by atoms with Crippen LogP contribution in [0.25, 0.3) is 0 Å². The van der Waals surface area contributed by atoms with Gasteiger partial charge in [-0.25, -0.2) is 0 Å². The zero-order valence-electron chi connectivity index (χ0n) is 14.2. The molecule has 0 aliphatic rings. The van der Waals surface area contributed by atoms with Gasteiger partial charge in [0.25, 0.3) is 0 Å². The molecular weight excluding hydrogens is 270 g/mol. The number of esters is 1. The average Bonchev–Trinajstić information content (AvgIpc) is 2.11. The Kier molecular flexibility index (Phi) is 6.44. The molecule has 0 amide bonds. The van der Waals surface area contributed by atoms with Crippen LogP contribution in [0.2, 0.25) is 17.6 Å².